The van der Waals surface area contributed by atoms with E-state index in [9.17, 15) is 5.11 Å². The molecular weight excluding hydrogens is 851 g/mol. The molecule has 10 atom stereocenters. The van der Waals surface area contributed by atoms with Crippen LogP contribution in [0.15, 0.2) is 121 Å². The Hall–Kier alpha value is -2.53. The van der Waals surface area contributed by atoms with E-state index in [0.717, 1.165) is 22.3 Å². The fourth-order valence-electron chi connectivity index (χ4n) is 6.84. The second kappa shape index (κ2) is 20.6. The van der Waals surface area contributed by atoms with Crippen LogP contribution >= 0.6 is 22.6 Å². The smallest absolute Gasteiger partial charge is 0.192 e. The number of ether oxygens (including phenoxy) is 7. The maximum Gasteiger partial charge on any atom is 0.192 e. The maximum atomic E-state index is 11.6. The predicted octanol–water partition coefficient (Wildman–Crippen LogP) is 9.00. The van der Waals surface area contributed by atoms with Gasteiger partial charge in [-0.25, -0.2) is 0 Å². The van der Waals surface area contributed by atoms with E-state index in [4.69, 9.17) is 37.6 Å². The number of aliphatic hydroxyl groups is 1. The molecule has 0 aromatic heterocycles. The lowest BCUT2D eigenvalue weighted by Crippen LogP contribution is -2.65. The van der Waals surface area contributed by atoms with Crippen molar-refractivity contribution in [1.29, 1.82) is 0 Å². The van der Waals surface area contributed by atoms with Gasteiger partial charge in [0, 0.05) is 0 Å². The first kappa shape index (κ1) is 44.0. The quantitative estimate of drug-likeness (QED) is 0.0634. The molecule has 2 saturated heterocycles. The van der Waals surface area contributed by atoms with Crippen LogP contribution < -0.4 is 0 Å². The summed E-state index contributed by atoms with van der Waals surface area (Å²) in [6.45, 7) is 14.7. The molecular formula is C46H59IO9Si. The van der Waals surface area contributed by atoms with Crippen LogP contribution in [0.4, 0.5) is 0 Å². The first-order chi connectivity index (χ1) is 27.4. The summed E-state index contributed by atoms with van der Waals surface area (Å²) in [5.74, 6) is 0. The minimum atomic E-state index is -2.30. The van der Waals surface area contributed by atoms with Crippen molar-refractivity contribution in [3.63, 3.8) is 0 Å². The van der Waals surface area contributed by atoms with E-state index < -0.39 is 45.3 Å². The van der Waals surface area contributed by atoms with E-state index in [2.05, 4.69) is 68.6 Å². The summed E-state index contributed by atoms with van der Waals surface area (Å²) in [4.78, 5) is 0. The van der Waals surface area contributed by atoms with Crippen molar-refractivity contribution in [3.05, 3.63) is 144 Å². The van der Waals surface area contributed by atoms with Crippen LogP contribution in [0.5, 0.6) is 0 Å². The number of hydrogen-bond donors (Lipinski definition) is 1. The van der Waals surface area contributed by atoms with Crippen molar-refractivity contribution in [1.82, 2.24) is 0 Å². The Morgan fingerprint density at radius 1 is 0.596 bits per heavy atom. The van der Waals surface area contributed by atoms with Crippen LogP contribution in [-0.4, -0.2) is 79.3 Å². The number of halogens is 1. The third kappa shape index (κ3) is 12.0. The number of alkyl halides is 1. The van der Waals surface area contributed by atoms with Crippen molar-refractivity contribution in [2.24, 2.45) is 0 Å². The highest BCUT2D eigenvalue weighted by molar-refractivity contribution is 14.1. The molecule has 4 aromatic carbocycles. The zero-order valence-corrected chi connectivity index (χ0v) is 37.1. The van der Waals surface area contributed by atoms with Crippen LogP contribution in [0.2, 0.25) is 18.1 Å². The SMILES string of the molecule is C[C@H]1O[C@@H](O[C@H]2[C@H](OCc3ccccc3)[C@@H](OCc3ccccc3)[C@@H](O)O[C@@H]2COCc2ccccc2)[C@H](I)[C@@H](O[Si](C)(C)C(C)(C)C)[C@@H]1OCc1ccccc1. The fraction of sp³-hybridized carbons (Fsp3) is 0.478. The highest BCUT2D eigenvalue weighted by Gasteiger charge is 2.54. The van der Waals surface area contributed by atoms with Gasteiger partial charge in [0.05, 0.1) is 49.2 Å². The maximum absolute atomic E-state index is 11.6. The molecule has 11 heteroatoms. The molecule has 0 unspecified atom stereocenters. The Morgan fingerprint density at radius 3 is 1.51 bits per heavy atom. The molecule has 0 spiro atoms. The molecule has 0 amide bonds. The monoisotopic (exact) mass is 910 g/mol. The Morgan fingerprint density at radius 2 is 1.04 bits per heavy atom. The molecule has 2 heterocycles. The number of rotatable bonds is 17. The summed E-state index contributed by atoms with van der Waals surface area (Å²) in [6.07, 6.45) is -6.29. The van der Waals surface area contributed by atoms with E-state index >= 15 is 0 Å². The molecule has 0 saturated carbocycles. The largest absolute Gasteiger partial charge is 0.410 e. The van der Waals surface area contributed by atoms with Gasteiger partial charge in [0.25, 0.3) is 0 Å². The van der Waals surface area contributed by atoms with Gasteiger partial charge >= 0.3 is 0 Å². The van der Waals surface area contributed by atoms with Crippen LogP contribution in [0.3, 0.4) is 0 Å². The number of aliphatic hydroxyl groups excluding tert-OH is 1. The van der Waals surface area contributed by atoms with E-state index in [0.29, 0.717) is 13.2 Å². The summed E-state index contributed by atoms with van der Waals surface area (Å²) < 4.78 is 53.4. The topological polar surface area (TPSA) is 94.1 Å². The van der Waals surface area contributed by atoms with Gasteiger partial charge in [-0.1, -0.05) is 165 Å². The summed E-state index contributed by atoms with van der Waals surface area (Å²) in [5, 5.41) is 11.6. The summed E-state index contributed by atoms with van der Waals surface area (Å²) in [6, 6.07) is 39.9. The van der Waals surface area contributed by atoms with E-state index in [1.54, 1.807) is 0 Å². The van der Waals surface area contributed by atoms with Crippen molar-refractivity contribution >= 4 is 30.9 Å². The number of hydrogen-bond acceptors (Lipinski definition) is 9. The highest BCUT2D eigenvalue weighted by atomic mass is 127. The van der Waals surface area contributed by atoms with Gasteiger partial charge in [-0.3, -0.25) is 0 Å². The Bertz CT molecular complexity index is 1750. The van der Waals surface area contributed by atoms with Crippen molar-refractivity contribution < 1.29 is 42.7 Å². The molecule has 4 aromatic rings. The lowest BCUT2D eigenvalue weighted by Gasteiger charge is -2.50. The molecule has 308 valence electrons. The van der Waals surface area contributed by atoms with Gasteiger partial charge < -0.3 is 42.7 Å². The molecule has 0 bridgehead atoms. The second-order valence-electron chi connectivity index (χ2n) is 16.4. The molecule has 2 aliphatic heterocycles. The van der Waals surface area contributed by atoms with Crippen molar-refractivity contribution in [3.8, 4) is 0 Å². The molecule has 0 aliphatic carbocycles. The zero-order valence-electron chi connectivity index (χ0n) is 33.9. The van der Waals surface area contributed by atoms with E-state index in [1.807, 2.05) is 116 Å². The molecule has 2 fully saturated rings. The first-order valence-electron chi connectivity index (χ1n) is 19.9. The van der Waals surface area contributed by atoms with Crippen LogP contribution in [0.25, 0.3) is 0 Å². The van der Waals surface area contributed by atoms with Gasteiger partial charge in [0.1, 0.15) is 30.5 Å². The lowest BCUT2D eigenvalue weighted by atomic mass is 9.97. The van der Waals surface area contributed by atoms with Crippen LogP contribution in [-0.2, 0) is 64.0 Å². The third-order valence-corrected chi connectivity index (χ3v) is 16.9. The minimum absolute atomic E-state index is 0.0422. The van der Waals surface area contributed by atoms with Crippen molar-refractivity contribution in [2.45, 2.75) is 131 Å². The van der Waals surface area contributed by atoms with Gasteiger partial charge in [-0.15, -0.1) is 0 Å². The lowest BCUT2D eigenvalue weighted by molar-refractivity contribution is -0.346. The Labute approximate surface area is 353 Å². The summed E-state index contributed by atoms with van der Waals surface area (Å²) in [7, 11) is -2.30. The average molecular weight is 911 g/mol. The fourth-order valence-corrected chi connectivity index (χ4v) is 9.32. The average Bonchev–Trinajstić information content (AvgIpc) is 3.20. The van der Waals surface area contributed by atoms with E-state index in [1.165, 1.54) is 0 Å². The summed E-state index contributed by atoms with van der Waals surface area (Å²) in [5.41, 5.74) is 4.04. The third-order valence-electron chi connectivity index (χ3n) is 11.1. The highest BCUT2D eigenvalue weighted by Crippen LogP contribution is 2.42. The minimum Gasteiger partial charge on any atom is -0.410 e. The molecule has 0 radical (unpaired) electrons. The van der Waals surface area contributed by atoms with Crippen LogP contribution in [0.1, 0.15) is 49.9 Å². The zero-order chi connectivity index (χ0) is 40.4. The predicted molar refractivity (Wildman–Crippen MR) is 231 cm³/mol. The van der Waals surface area contributed by atoms with Gasteiger partial charge in [-0.2, -0.15) is 0 Å². The van der Waals surface area contributed by atoms with Gasteiger partial charge in [0.15, 0.2) is 20.9 Å². The molecule has 1 N–H and O–H groups in total. The summed E-state index contributed by atoms with van der Waals surface area (Å²) >= 11 is 2.41. The number of benzene rings is 4. The van der Waals surface area contributed by atoms with E-state index in [-0.39, 0.29) is 47.1 Å². The standard InChI is InChI=1S/C46H59IO9Si/c1-32-39(50-28-34-21-13-8-14-22-34)41(56-57(5,6)46(2,3)4)38(47)45(53-32)55-40-37(31-49-27-33-19-11-7-12-20-33)54-44(48)43(52-30-36-25-17-10-18-26-36)42(40)51-29-35-23-15-9-16-24-35/h7-26,32,37-45,48H,27-31H2,1-6H3/t32-,37-,38-,39-,40-,41-,42+,43-,44+,45+/m1/s1. The normalized spacial score (nSPS) is 28.3. The van der Waals surface area contributed by atoms with Crippen molar-refractivity contribution in [2.75, 3.05) is 6.61 Å². The molecule has 57 heavy (non-hydrogen) atoms. The molecule has 2 aliphatic rings. The molecule has 9 nitrogen and oxygen atoms in total. The van der Waals surface area contributed by atoms with Gasteiger partial charge in [-0.05, 0) is 47.3 Å². The Balaban J connectivity index is 1.31. The Kier molecular flexibility index (Phi) is 15.9. The second-order valence-corrected chi connectivity index (χ2v) is 22.6. The van der Waals surface area contributed by atoms with Gasteiger partial charge in [0.2, 0.25) is 0 Å². The molecule has 6 rings (SSSR count). The van der Waals surface area contributed by atoms with Crippen LogP contribution in [0, 0.1) is 0 Å². The first-order valence-corrected chi connectivity index (χ1v) is 24.1.